The van der Waals surface area contributed by atoms with Gasteiger partial charge in [0.2, 0.25) is 21.8 Å². The van der Waals surface area contributed by atoms with Gasteiger partial charge in [-0.3, -0.25) is 19.4 Å². The van der Waals surface area contributed by atoms with E-state index in [4.69, 9.17) is 0 Å². The SMILES string of the molecule is CC(=O)N1c2ccc(S(=O)(=O)N3CCCC3)cc2C[C@H]1C(=O)NCCN1CCN(C)CC1. The molecule has 0 aromatic heterocycles. The van der Waals surface area contributed by atoms with Crippen LogP contribution in [0.4, 0.5) is 5.69 Å². The summed E-state index contributed by atoms with van der Waals surface area (Å²) < 4.78 is 27.4. The molecule has 0 aliphatic carbocycles. The Kier molecular flexibility index (Phi) is 6.85. The molecule has 0 saturated carbocycles. The van der Waals surface area contributed by atoms with Crippen LogP contribution in [0.15, 0.2) is 23.1 Å². The Bertz CT molecular complexity index is 969. The van der Waals surface area contributed by atoms with Gasteiger partial charge < -0.3 is 10.2 Å². The van der Waals surface area contributed by atoms with E-state index in [-0.39, 0.29) is 16.7 Å². The molecule has 3 heterocycles. The zero-order valence-electron chi connectivity index (χ0n) is 18.9. The summed E-state index contributed by atoms with van der Waals surface area (Å²) in [6.07, 6.45) is 2.07. The Morgan fingerprint density at radius 2 is 1.75 bits per heavy atom. The smallest absolute Gasteiger partial charge is 0.243 e. The summed E-state index contributed by atoms with van der Waals surface area (Å²) in [5, 5.41) is 2.98. The molecule has 2 fully saturated rings. The van der Waals surface area contributed by atoms with Crippen molar-refractivity contribution in [1.29, 1.82) is 0 Å². The van der Waals surface area contributed by atoms with Crippen molar-refractivity contribution in [2.75, 3.05) is 64.3 Å². The number of nitrogens with one attached hydrogen (secondary N) is 1. The second-order valence-electron chi connectivity index (χ2n) is 8.95. The summed E-state index contributed by atoms with van der Waals surface area (Å²) in [5.41, 5.74) is 1.34. The number of sulfonamides is 1. The molecule has 0 bridgehead atoms. The number of likely N-dealkylation sites (N-methyl/N-ethyl adjacent to an activating group) is 1. The third-order valence-corrected chi connectivity index (χ3v) is 8.60. The van der Waals surface area contributed by atoms with E-state index in [1.807, 2.05) is 0 Å². The maximum Gasteiger partial charge on any atom is 0.243 e. The minimum absolute atomic E-state index is 0.200. The van der Waals surface area contributed by atoms with Crippen LogP contribution < -0.4 is 10.2 Å². The summed E-state index contributed by atoms with van der Waals surface area (Å²) in [4.78, 5) is 31.7. The van der Waals surface area contributed by atoms with Crippen molar-refractivity contribution < 1.29 is 18.0 Å². The van der Waals surface area contributed by atoms with Gasteiger partial charge in [0.1, 0.15) is 6.04 Å². The summed E-state index contributed by atoms with van der Waals surface area (Å²) >= 11 is 0. The maximum atomic E-state index is 13.0. The van der Waals surface area contributed by atoms with Gasteiger partial charge in [-0.25, -0.2) is 8.42 Å². The number of anilines is 1. The minimum Gasteiger partial charge on any atom is -0.353 e. The molecule has 2 saturated heterocycles. The van der Waals surface area contributed by atoms with Crippen LogP contribution in [0.25, 0.3) is 0 Å². The van der Waals surface area contributed by atoms with Crippen molar-refractivity contribution >= 4 is 27.5 Å². The fourth-order valence-electron chi connectivity index (χ4n) is 4.79. The van der Waals surface area contributed by atoms with Gasteiger partial charge in [0.15, 0.2) is 0 Å². The summed E-state index contributed by atoms with van der Waals surface area (Å²) in [5.74, 6) is -0.424. The molecule has 176 valence electrons. The Balaban J connectivity index is 1.43. The van der Waals surface area contributed by atoms with Gasteiger partial charge in [-0.1, -0.05) is 0 Å². The third-order valence-electron chi connectivity index (χ3n) is 6.70. The first-order valence-corrected chi connectivity index (χ1v) is 12.8. The molecule has 32 heavy (non-hydrogen) atoms. The molecule has 0 spiro atoms. The Labute approximate surface area is 190 Å². The molecule has 0 radical (unpaired) electrons. The second-order valence-corrected chi connectivity index (χ2v) is 10.9. The zero-order valence-corrected chi connectivity index (χ0v) is 19.7. The fraction of sp³-hybridized carbons (Fsp3) is 0.636. The average molecular weight is 464 g/mol. The number of rotatable bonds is 6. The largest absolute Gasteiger partial charge is 0.353 e. The highest BCUT2D eigenvalue weighted by atomic mass is 32.2. The molecular formula is C22H33N5O4S. The van der Waals surface area contributed by atoms with Crippen molar-refractivity contribution in [3.8, 4) is 0 Å². The number of piperazine rings is 1. The Morgan fingerprint density at radius 3 is 2.41 bits per heavy atom. The Morgan fingerprint density at radius 1 is 1.06 bits per heavy atom. The molecular weight excluding hydrogens is 430 g/mol. The van der Waals surface area contributed by atoms with E-state index >= 15 is 0 Å². The summed E-state index contributed by atoms with van der Waals surface area (Å²) in [7, 11) is -1.44. The number of nitrogens with zero attached hydrogens (tertiary/aromatic N) is 4. The third kappa shape index (κ3) is 4.68. The highest BCUT2D eigenvalue weighted by Crippen LogP contribution is 2.35. The molecule has 1 atom stereocenters. The van der Waals surface area contributed by atoms with Gasteiger partial charge in [0.05, 0.1) is 4.90 Å². The van der Waals surface area contributed by atoms with Gasteiger partial charge in [0, 0.05) is 71.4 Å². The molecule has 1 aromatic carbocycles. The summed E-state index contributed by atoms with van der Waals surface area (Å²) in [6, 6.07) is 4.20. The minimum atomic E-state index is -3.55. The van der Waals surface area contributed by atoms with Gasteiger partial charge in [-0.05, 0) is 43.7 Å². The first-order chi connectivity index (χ1) is 15.3. The number of hydrogen-bond donors (Lipinski definition) is 1. The van der Waals surface area contributed by atoms with Crippen LogP contribution in [0.1, 0.15) is 25.3 Å². The molecule has 9 nitrogen and oxygen atoms in total. The second kappa shape index (κ2) is 9.46. The van der Waals surface area contributed by atoms with Gasteiger partial charge in [0.25, 0.3) is 0 Å². The van der Waals surface area contributed by atoms with Crippen molar-refractivity contribution in [2.45, 2.75) is 37.1 Å². The van der Waals surface area contributed by atoms with E-state index in [1.54, 1.807) is 18.2 Å². The van der Waals surface area contributed by atoms with E-state index in [1.165, 1.54) is 16.1 Å². The first-order valence-electron chi connectivity index (χ1n) is 11.4. The van der Waals surface area contributed by atoms with Crippen LogP contribution >= 0.6 is 0 Å². The maximum absolute atomic E-state index is 13.0. The van der Waals surface area contributed by atoms with Crippen molar-refractivity contribution in [3.05, 3.63) is 23.8 Å². The number of carbonyl (C=O) groups is 2. The number of benzene rings is 1. The molecule has 3 aliphatic heterocycles. The lowest BCUT2D eigenvalue weighted by atomic mass is 10.1. The number of hydrogen-bond acceptors (Lipinski definition) is 6. The molecule has 1 aromatic rings. The van der Waals surface area contributed by atoms with Crippen molar-refractivity contribution in [1.82, 2.24) is 19.4 Å². The van der Waals surface area contributed by atoms with Gasteiger partial charge in [-0.2, -0.15) is 4.31 Å². The van der Waals surface area contributed by atoms with Crippen LogP contribution in [-0.4, -0.2) is 99.8 Å². The number of fused-ring (bicyclic) bond motifs is 1. The predicted molar refractivity (Wildman–Crippen MR) is 122 cm³/mol. The number of amides is 2. The molecule has 3 aliphatic rings. The van der Waals surface area contributed by atoms with Gasteiger partial charge in [-0.15, -0.1) is 0 Å². The van der Waals surface area contributed by atoms with Gasteiger partial charge >= 0.3 is 0 Å². The van der Waals surface area contributed by atoms with Crippen LogP contribution in [0.5, 0.6) is 0 Å². The Hall–Kier alpha value is -2.01. The van der Waals surface area contributed by atoms with E-state index in [0.29, 0.717) is 31.7 Å². The predicted octanol–water partition coefficient (Wildman–Crippen LogP) is 0.112. The number of carbonyl (C=O) groups excluding carboxylic acids is 2. The lowest BCUT2D eigenvalue weighted by Crippen LogP contribution is -2.50. The van der Waals surface area contributed by atoms with E-state index < -0.39 is 16.1 Å². The first kappa shape index (κ1) is 23.2. The highest BCUT2D eigenvalue weighted by molar-refractivity contribution is 7.89. The van der Waals surface area contributed by atoms with E-state index in [2.05, 4.69) is 22.2 Å². The van der Waals surface area contributed by atoms with Crippen LogP contribution in [0, 0.1) is 0 Å². The molecule has 2 amide bonds. The molecule has 10 heteroatoms. The van der Waals surface area contributed by atoms with E-state index in [0.717, 1.165) is 51.1 Å². The van der Waals surface area contributed by atoms with E-state index in [9.17, 15) is 18.0 Å². The lowest BCUT2D eigenvalue weighted by molar-refractivity contribution is -0.125. The summed E-state index contributed by atoms with van der Waals surface area (Å²) in [6.45, 7) is 7.82. The normalized spacial score (nSPS) is 22.8. The van der Waals surface area contributed by atoms with Crippen molar-refractivity contribution in [2.24, 2.45) is 0 Å². The zero-order chi connectivity index (χ0) is 22.9. The molecule has 4 rings (SSSR count). The monoisotopic (exact) mass is 463 g/mol. The standard InChI is InChI=1S/C22H33N5O4S/c1-17(28)27-20-6-5-19(32(30,31)26-8-3-4-9-26)15-18(20)16-21(27)22(29)23-7-10-25-13-11-24(2)12-14-25/h5-6,15,21H,3-4,7-14,16H2,1-2H3,(H,23,29)/t21-/m0/s1. The highest BCUT2D eigenvalue weighted by Gasteiger charge is 2.38. The van der Waals surface area contributed by atoms with Crippen molar-refractivity contribution in [3.63, 3.8) is 0 Å². The molecule has 1 N–H and O–H groups in total. The van der Waals surface area contributed by atoms with Crippen LogP contribution in [-0.2, 0) is 26.0 Å². The van der Waals surface area contributed by atoms with Crippen LogP contribution in [0.2, 0.25) is 0 Å². The lowest BCUT2D eigenvalue weighted by Gasteiger charge is -2.32. The average Bonchev–Trinajstić information content (AvgIpc) is 3.43. The van der Waals surface area contributed by atoms with Crippen LogP contribution in [0.3, 0.4) is 0 Å². The fourth-order valence-corrected chi connectivity index (χ4v) is 6.36. The topological polar surface area (TPSA) is 93.3 Å². The molecule has 0 unspecified atom stereocenters. The quantitative estimate of drug-likeness (QED) is 0.644.